The van der Waals surface area contributed by atoms with Crippen LogP contribution >= 0.6 is 0 Å². The van der Waals surface area contributed by atoms with E-state index in [1.54, 1.807) is 13.2 Å². The highest BCUT2D eigenvalue weighted by molar-refractivity contribution is 5.92. The minimum Gasteiger partial charge on any atom is -0.497 e. The van der Waals surface area contributed by atoms with Crippen molar-refractivity contribution in [3.05, 3.63) is 24.3 Å². The summed E-state index contributed by atoms with van der Waals surface area (Å²) in [6, 6.07) is 9.67. The average molecular weight is 287 g/mol. The number of nitrogens with zero attached hydrogens (tertiary/aromatic N) is 2. The van der Waals surface area contributed by atoms with Crippen LogP contribution < -0.4 is 10.1 Å². The van der Waals surface area contributed by atoms with Gasteiger partial charge in [-0.05, 0) is 31.9 Å². The zero-order valence-corrected chi connectivity index (χ0v) is 12.6. The molecule has 0 atom stereocenters. The van der Waals surface area contributed by atoms with Gasteiger partial charge in [0.1, 0.15) is 5.75 Å². The van der Waals surface area contributed by atoms with E-state index < -0.39 is 0 Å². The molecule has 1 amide bonds. The van der Waals surface area contributed by atoms with Crippen LogP contribution in [0.5, 0.6) is 5.75 Å². The van der Waals surface area contributed by atoms with Crippen LogP contribution in [0.15, 0.2) is 24.3 Å². The van der Waals surface area contributed by atoms with Gasteiger partial charge in [-0.2, -0.15) is 5.26 Å². The molecule has 1 saturated heterocycles. The van der Waals surface area contributed by atoms with Crippen LogP contribution in [-0.4, -0.2) is 37.6 Å². The predicted molar refractivity (Wildman–Crippen MR) is 81.0 cm³/mol. The first-order chi connectivity index (χ1) is 10.0. The van der Waals surface area contributed by atoms with E-state index in [4.69, 9.17) is 10.00 Å². The second kappa shape index (κ2) is 6.59. The Morgan fingerprint density at radius 1 is 1.48 bits per heavy atom. The van der Waals surface area contributed by atoms with Crippen molar-refractivity contribution in [1.29, 1.82) is 5.26 Å². The average Bonchev–Trinajstić information content (AvgIpc) is 2.50. The first kappa shape index (κ1) is 15.3. The molecule has 2 rings (SSSR count). The zero-order chi connectivity index (χ0) is 15.3. The summed E-state index contributed by atoms with van der Waals surface area (Å²) in [5.74, 6) is 0.680. The Balaban J connectivity index is 1.84. The number of nitriles is 1. The van der Waals surface area contributed by atoms with Gasteiger partial charge in [-0.1, -0.05) is 6.07 Å². The fourth-order valence-corrected chi connectivity index (χ4v) is 2.42. The van der Waals surface area contributed by atoms with Crippen LogP contribution in [0.2, 0.25) is 0 Å². The molecule has 0 unspecified atom stereocenters. The van der Waals surface area contributed by atoms with E-state index in [-0.39, 0.29) is 11.3 Å². The lowest BCUT2D eigenvalue weighted by atomic mass is 9.82. The number of rotatable bonds is 4. The van der Waals surface area contributed by atoms with Crippen LogP contribution in [0.4, 0.5) is 5.69 Å². The van der Waals surface area contributed by atoms with Crippen LogP contribution in [0.25, 0.3) is 0 Å². The van der Waals surface area contributed by atoms with Crippen molar-refractivity contribution in [2.75, 3.05) is 32.1 Å². The van der Waals surface area contributed by atoms with Gasteiger partial charge in [0.2, 0.25) is 5.91 Å². The Labute approximate surface area is 125 Å². The number of amides is 1. The molecule has 0 aromatic heterocycles. The molecule has 1 N–H and O–H groups in total. The third-order valence-corrected chi connectivity index (χ3v) is 3.95. The molecule has 1 aromatic rings. The van der Waals surface area contributed by atoms with Crippen molar-refractivity contribution in [3.8, 4) is 11.8 Å². The van der Waals surface area contributed by atoms with Crippen molar-refractivity contribution in [1.82, 2.24) is 4.90 Å². The highest BCUT2D eigenvalue weighted by Crippen LogP contribution is 2.29. The summed E-state index contributed by atoms with van der Waals surface area (Å²) in [6.45, 7) is 3.92. The Morgan fingerprint density at radius 3 is 2.81 bits per heavy atom. The van der Waals surface area contributed by atoms with Crippen molar-refractivity contribution >= 4 is 11.6 Å². The summed E-state index contributed by atoms with van der Waals surface area (Å²) in [4.78, 5) is 14.1. The third-order valence-electron chi connectivity index (χ3n) is 3.95. The highest BCUT2D eigenvalue weighted by atomic mass is 16.5. The number of ether oxygens (including phenoxy) is 1. The van der Waals surface area contributed by atoms with Crippen LogP contribution in [0.3, 0.4) is 0 Å². The first-order valence-electron chi connectivity index (χ1n) is 7.12. The van der Waals surface area contributed by atoms with E-state index >= 15 is 0 Å². The summed E-state index contributed by atoms with van der Waals surface area (Å²) in [5, 5.41) is 12.0. The molecule has 0 bridgehead atoms. The number of anilines is 1. The summed E-state index contributed by atoms with van der Waals surface area (Å²) >= 11 is 0. The fourth-order valence-electron chi connectivity index (χ4n) is 2.42. The van der Waals surface area contributed by atoms with Crippen LogP contribution in [0, 0.1) is 16.7 Å². The Kier molecular flexibility index (Phi) is 4.81. The van der Waals surface area contributed by atoms with E-state index in [1.165, 1.54) is 0 Å². The zero-order valence-electron chi connectivity index (χ0n) is 12.6. The van der Waals surface area contributed by atoms with Gasteiger partial charge in [-0.25, -0.2) is 0 Å². The minimum absolute atomic E-state index is 0.0381. The van der Waals surface area contributed by atoms with Gasteiger partial charge >= 0.3 is 0 Å². The lowest BCUT2D eigenvalue weighted by molar-refractivity contribution is -0.117. The quantitative estimate of drug-likeness (QED) is 0.922. The van der Waals surface area contributed by atoms with E-state index in [1.807, 2.05) is 25.1 Å². The van der Waals surface area contributed by atoms with Gasteiger partial charge in [0.05, 0.1) is 25.1 Å². The molecule has 1 aliphatic rings. The molecule has 0 aliphatic carbocycles. The molecule has 5 nitrogen and oxygen atoms in total. The molecule has 1 heterocycles. The van der Waals surface area contributed by atoms with Gasteiger partial charge in [0, 0.05) is 24.8 Å². The Hall–Kier alpha value is -2.06. The smallest absolute Gasteiger partial charge is 0.238 e. The summed E-state index contributed by atoms with van der Waals surface area (Å²) < 4.78 is 5.13. The second-order valence-corrected chi connectivity index (χ2v) is 5.73. The number of nitrogens with one attached hydrogen (secondary N) is 1. The maximum Gasteiger partial charge on any atom is 0.238 e. The third kappa shape index (κ3) is 4.20. The van der Waals surface area contributed by atoms with Crippen molar-refractivity contribution < 1.29 is 9.53 Å². The van der Waals surface area contributed by atoms with Gasteiger partial charge in [0.15, 0.2) is 0 Å². The molecular formula is C16H21N3O2. The topological polar surface area (TPSA) is 65.4 Å². The molecule has 112 valence electrons. The number of likely N-dealkylation sites (tertiary alicyclic amines) is 1. The molecule has 0 spiro atoms. The maximum atomic E-state index is 12.1. The number of methoxy groups -OCH3 is 1. The van der Waals surface area contributed by atoms with Crippen molar-refractivity contribution in [2.45, 2.75) is 19.8 Å². The minimum atomic E-state index is -0.236. The van der Waals surface area contributed by atoms with Gasteiger partial charge in [-0.3, -0.25) is 9.69 Å². The highest BCUT2D eigenvalue weighted by Gasteiger charge is 2.30. The summed E-state index contributed by atoms with van der Waals surface area (Å²) in [6.07, 6.45) is 1.63. The molecule has 0 radical (unpaired) electrons. The monoisotopic (exact) mass is 287 g/mol. The summed E-state index contributed by atoms with van der Waals surface area (Å²) in [7, 11) is 1.60. The van der Waals surface area contributed by atoms with E-state index in [9.17, 15) is 4.79 Å². The van der Waals surface area contributed by atoms with Gasteiger partial charge in [0.25, 0.3) is 0 Å². The SMILES string of the molecule is COc1cccc(NC(=O)CN2CCC(C)(C#N)CC2)c1. The normalized spacial score (nSPS) is 17.8. The van der Waals surface area contributed by atoms with E-state index in [0.717, 1.165) is 37.4 Å². The number of hydrogen-bond acceptors (Lipinski definition) is 4. The van der Waals surface area contributed by atoms with Crippen molar-refractivity contribution in [2.24, 2.45) is 5.41 Å². The van der Waals surface area contributed by atoms with Crippen LogP contribution in [-0.2, 0) is 4.79 Å². The van der Waals surface area contributed by atoms with E-state index in [0.29, 0.717) is 6.54 Å². The number of hydrogen-bond donors (Lipinski definition) is 1. The largest absolute Gasteiger partial charge is 0.497 e. The molecule has 21 heavy (non-hydrogen) atoms. The van der Waals surface area contributed by atoms with Gasteiger partial charge in [-0.15, -0.1) is 0 Å². The number of carbonyl (C=O) groups is 1. The molecule has 5 heteroatoms. The summed E-state index contributed by atoms with van der Waals surface area (Å²) in [5.41, 5.74) is 0.498. The maximum absolute atomic E-state index is 12.1. The lowest BCUT2D eigenvalue weighted by Crippen LogP contribution is -2.42. The van der Waals surface area contributed by atoms with Crippen LogP contribution in [0.1, 0.15) is 19.8 Å². The predicted octanol–water partition coefficient (Wildman–Crippen LogP) is 2.26. The first-order valence-corrected chi connectivity index (χ1v) is 7.12. The number of piperidine rings is 1. The molecule has 0 saturated carbocycles. The molecule has 1 aromatic carbocycles. The molecule has 1 fully saturated rings. The Morgan fingerprint density at radius 2 is 2.19 bits per heavy atom. The standard InChI is InChI=1S/C16H21N3O2/c1-16(12-17)6-8-19(9-7-16)11-15(20)18-13-4-3-5-14(10-13)21-2/h3-5,10H,6-9,11H2,1-2H3,(H,18,20). The molecular weight excluding hydrogens is 266 g/mol. The fraction of sp³-hybridized carbons (Fsp3) is 0.500. The number of benzene rings is 1. The lowest BCUT2D eigenvalue weighted by Gasteiger charge is -2.34. The Bertz CT molecular complexity index is 543. The van der Waals surface area contributed by atoms with E-state index in [2.05, 4.69) is 16.3 Å². The number of carbonyl (C=O) groups excluding carboxylic acids is 1. The van der Waals surface area contributed by atoms with Gasteiger partial charge < -0.3 is 10.1 Å². The second-order valence-electron chi connectivity index (χ2n) is 5.73. The van der Waals surface area contributed by atoms with Crippen molar-refractivity contribution in [3.63, 3.8) is 0 Å². The molecule has 1 aliphatic heterocycles.